The third-order valence-corrected chi connectivity index (χ3v) is 2.82. The predicted molar refractivity (Wildman–Crippen MR) is 67.6 cm³/mol. The van der Waals surface area contributed by atoms with E-state index in [1.54, 1.807) is 14.1 Å². The van der Waals surface area contributed by atoms with Crippen molar-refractivity contribution in [3.05, 3.63) is 0 Å². The van der Waals surface area contributed by atoms with E-state index in [0.29, 0.717) is 6.42 Å². The molecule has 0 bridgehead atoms. The molecule has 0 N–H and O–H groups in total. The monoisotopic (exact) mass is 243 g/mol. The lowest BCUT2D eigenvalue weighted by Gasteiger charge is -2.18. The summed E-state index contributed by atoms with van der Waals surface area (Å²) in [6.07, 6.45) is 6.14. The molecule has 0 radical (unpaired) electrons. The van der Waals surface area contributed by atoms with Crippen molar-refractivity contribution in [2.75, 3.05) is 21.2 Å². The van der Waals surface area contributed by atoms with E-state index >= 15 is 0 Å². The molecule has 0 aliphatic rings. The van der Waals surface area contributed by atoms with E-state index in [1.165, 1.54) is 31.3 Å². The largest absolute Gasteiger partial charge is 0.468 e. The van der Waals surface area contributed by atoms with Crippen LogP contribution >= 0.6 is 0 Å². The van der Waals surface area contributed by atoms with Crippen molar-refractivity contribution < 1.29 is 14.3 Å². The highest BCUT2D eigenvalue weighted by Crippen LogP contribution is 2.15. The van der Waals surface area contributed by atoms with Gasteiger partial charge in [0.25, 0.3) is 0 Å². The van der Waals surface area contributed by atoms with Gasteiger partial charge in [-0.3, -0.25) is 9.59 Å². The second kappa shape index (κ2) is 9.02. The van der Waals surface area contributed by atoms with Gasteiger partial charge in [0.15, 0.2) is 0 Å². The van der Waals surface area contributed by atoms with Crippen LogP contribution in [0.2, 0.25) is 0 Å². The third-order valence-electron chi connectivity index (χ3n) is 2.82. The summed E-state index contributed by atoms with van der Waals surface area (Å²) in [5.41, 5.74) is 0. The van der Waals surface area contributed by atoms with Crippen LogP contribution in [0.5, 0.6) is 0 Å². The van der Waals surface area contributed by atoms with Gasteiger partial charge in [0.05, 0.1) is 7.11 Å². The number of hydrogen-bond acceptors (Lipinski definition) is 3. The zero-order chi connectivity index (χ0) is 13.3. The Balaban J connectivity index is 4.12. The first-order valence-electron chi connectivity index (χ1n) is 6.33. The lowest BCUT2D eigenvalue weighted by atomic mass is 9.99. The summed E-state index contributed by atoms with van der Waals surface area (Å²) in [6.45, 7) is 2.16. The molecule has 0 heterocycles. The smallest absolute Gasteiger partial charge is 0.318 e. The van der Waals surface area contributed by atoms with E-state index in [9.17, 15) is 9.59 Å². The van der Waals surface area contributed by atoms with Crippen LogP contribution in [-0.4, -0.2) is 38.0 Å². The van der Waals surface area contributed by atoms with E-state index in [1.807, 2.05) is 0 Å². The molecule has 17 heavy (non-hydrogen) atoms. The normalized spacial score (nSPS) is 12.0. The Morgan fingerprint density at radius 3 is 2.18 bits per heavy atom. The summed E-state index contributed by atoms with van der Waals surface area (Å²) in [4.78, 5) is 24.7. The van der Waals surface area contributed by atoms with Crippen LogP contribution in [0.4, 0.5) is 0 Å². The third kappa shape index (κ3) is 6.29. The van der Waals surface area contributed by atoms with Crippen LogP contribution in [0, 0.1) is 5.92 Å². The average molecular weight is 243 g/mol. The molecule has 0 aromatic rings. The number of ether oxygens (including phenoxy) is 1. The number of carbonyl (C=O) groups is 2. The first-order valence-corrected chi connectivity index (χ1v) is 6.33. The van der Waals surface area contributed by atoms with Gasteiger partial charge < -0.3 is 9.64 Å². The molecule has 4 heteroatoms. The van der Waals surface area contributed by atoms with Gasteiger partial charge in [0.1, 0.15) is 5.92 Å². The first-order chi connectivity index (χ1) is 8.04. The van der Waals surface area contributed by atoms with Crippen molar-refractivity contribution in [3.63, 3.8) is 0 Å². The number of unbranched alkanes of at least 4 members (excludes halogenated alkanes) is 4. The maximum atomic E-state index is 11.8. The molecular formula is C13H25NO3. The van der Waals surface area contributed by atoms with Crippen molar-refractivity contribution in [2.45, 2.75) is 45.4 Å². The van der Waals surface area contributed by atoms with Gasteiger partial charge in [-0.2, -0.15) is 0 Å². The number of amides is 1. The van der Waals surface area contributed by atoms with E-state index in [2.05, 4.69) is 11.7 Å². The molecule has 0 aromatic heterocycles. The molecule has 0 aliphatic carbocycles. The van der Waals surface area contributed by atoms with Crippen LogP contribution in [0.3, 0.4) is 0 Å². The van der Waals surface area contributed by atoms with E-state index in [-0.39, 0.29) is 5.91 Å². The number of rotatable bonds is 8. The maximum Gasteiger partial charge on any atom is 0.318 e. The standard InChI is InChI=1S/C13H25NO3/c1-5-6-7-8-9-10-11(13(16)17-4)12(15)14(2)3/h11H,5-10H2,1-4H3. The Morgan fingerprint density at radius 1 is 1.12 bits per heavy atom. The Hall–Kier alpha value is -1.06. The molecule has 0 aromatic carbocycles. The second-order valence-electron chi connectivity index (χ2n) is 4.51. The summed E-state index contributed by atoms with van der Waals surface area (Å²) in [5.74, 6) is -1.21. The van der Waals surface area contributed by atoms with Crippen molar-refractivity contribution in [3.8, 4) is 0 Å². The first kappa shape index (κ1) is 15.9. The van der Waals surface area contributed by atoms with Crippen LogP contribution in [-0.2, 0) is 14.3 Å². The van der Waals surface area contributed by atoms with Gasteiger partial charge in [0, 0.05) is 14.1 Å². The van der Waals surface area contributed by atoms with Crippen molar-refractivity contribution in [1.82, 2.24) is 4.90 Å². The highest BCUT2D eigenvalue weighted by atomic mass is 16.5. The molecule has 100 valence electrons. The number of methoxy groups -OCH3 is 1. The average Bonchev–Trinajstić information content (AvgIpc) is 2.32. The summed E-state index contributed by atoms with van der Waals surface area (Å²) >= 11 is 0. The van der Waals surface area contributed by atoms with Crippen LogP contribution < -0.4 is 0 Å². The Kier molecular flexibility index (Phi) is 8.46. The SMILES string of the molecule is CCCCCCCC(C(=O)OC)C(=O)N(C)C. The number of esters is 1. The molecule has 0 saturated heterocycles. The Morgan fingerprint density at radius 2 is 1.71 bits per heavy atom. The number of carbonyl (C=O) groups excluding carboxylic acids is 2. The number of hydrogen-bond donors (Lipinski definition) is 0. The topological polar surface area (TPSA) is 46.6 Å². The quantitative estimate of drug-likeness (QED) is 0.373. The van der Waals surface area contributed by atoms with E-state index in [0.717, 1.165) is 12.8 Å². The molecule has 0 aliphatic heterocycles. The fourth-order valence-corrected chi connectivity index (χ4v) is 1.75. The lowest BCUT2D eigenvalue weighted by Crippen LogP contribution is -2.35. The molecule has 1 atom stereocenters. The maximum absolute atomic E-state index is 11.8. The van der Waals surface area contributed by atoms with Crippen LogP contribution in [0.25, 0.3) is 0 Å². The molecule has 1 amide bonds. The van der Waals surface area contributed by atoms with Gasteiger partial charge in [-0.15, -0.1) is 0 Å². The van der Waals surface area contributed by atoms with E-state index in [4.69, 9.17) is 0 Å². The molecular weight excluding hydrogens is 218 g/mol. The Labute approximate surface area is 104 Å². The fourth-order valence-electron chi connectivity index (χ4n) is 1.75. The zero-order valence-corrected chi connectivity index (χ0v) is 11.5. The summed E-state index contributed by atoms with van der Waals surface area (Å²) < 4.78 is 4.68. The van der Waals surface area contributed by atoms with Crippen molar-refractivity contribution in [2.24, 2.45) is 5.92 Å². The van der Waals surface area contributed by atoms with Crippen LogP contribution in [0.15, 0.2) is 0 Å². The minimum absolute atomic E-state index is 0.160. The highest BCUT2D eigenvalue weighted by Gasteiger charge is 2.28. The highest BCUT2D eigenvalue weighted by molar-refractivity contribution is 5.97. The summed E-state index contributed by atoms with van der Waals surface area (Å²) in [6, 6.07) is 0. The summed E-state index contributed by atoms with van der Waals surface area (Å²) in [7, 11) is 4.65. The van der Waals surface area contributed by atoms with Gasteiger partial charge in [-0.05, 0) is 6.42 Å². The minimum Gasteiger partial charge on any atom is -0.468 e. The zero-order valence-electron chi connectivity index (χ0n) is 11.5. The Bertz CT molecular complexity index is 239. The molecule has 4 nitrogen and oxygen atoms in total. The van der Waals surface area contributed by atoms with Gasteiger partial charge >= 0.3 is 5.97 Å². The van der Waals surface area contributed by atoms with E-state index < -0.39 is 11.9 Å². The molecule has 0 spiro atoms. The predicted octanol–water partition coefficient (Wildman–Crippen LogP) is 2.22. The minimum atomic E-state index is -0.628. The molecule has 1 unspecified atom stereocenters. The lowest BCUT2D eigenvalue weighted by molar-refractivity contribution is -0.153. The van der Waals surface area contributed by atoms with Crippen molar-refractivity contribution in [1.29, 1.82) is 0 Å². The molecule has 0 saturated carbocycles. The van der Waals surface area contributed by atoms with Gasteiger partial charge in [-0.1, -0.05) is 39.0 Å². The molecule has 0 fully saturated rings. The number of nitrogens with zero attached hydrogens (tertiary/aromatic N) is 1. The summed E-state index contributed by atoms with van der Waals surface area (Å²) in [5, 5.41) is 0. The second-order valence-corrected chi connectivity index (χ2v) is 4.51. The fraction of sp³-hybridized carbons (Fsp3) is 0.846. The molecule has 0 rings (SSSR count). The van der Waals surface area contributed by atoms with Crippen molar-refractivity contribution >= 4 is 11.9 Å². The van der Waals surface area contributed by atoms with Crippen LogP contribution in [0.1, 0.15) is 45.4 Å². The van der Waals surface area contributed by atoms with Gasteiger partial charge in [0.2, 0.25) is 5.91 Å². The van der Waals surface area contributed by atoms with Gasteiger partial charge in [-0.25, -0.2) is 0 Å².